The average Bonchev–Trinajstić information content (AvgIpc) is 3.37. The van der Waals surface area contributed by atoms with E-state index in [1.54, 1.807) is 12.1 Å². The number of ether oxygens (including phenoxy) is 6. The van der Waals surface area contributed by atoms with Crippen molar-refractivity contribution < 1.29 is 74.4 Å². The van der Waals surface area contributed by atoms with Crippen LogP contribution in [0, 0.1) is 0 Å². The number of rotatable bonds is 29. The lowest BCUT2D eigenvalue weighted by Gasteiger charge is -2.55. The molecule has 1 aromatic carbocycles. The lowest BCUT2D eigenvalue weighted by atomic mass is 10.1. The molecular formula is C42H81N9O17Si9. The van der Waals surface area contributed by atoms with Crippen molar-refractivity contribution in [1.82, 2.24) is 46.1 Å². The maximum Gasteiger partial charge on any atom is 0.642 e. The molecular weight excluding hydrogens is 1160 g/mol. The Kier molecular flexibility index (Phi) is 23.7. The van der Waals surface area contributed by atoms with E-state index >= 15 is 0 Å². The number of amides is 1. The second-order valence-electron chi connectivity index (χ2n) is 20.9. The first-order valence-electron chi connectivity index (χ1n) is 26.5. The number of carbonyl (C=O) groups is 1. The molecule has 3 saturated heterocycles. The highest BCUT2D eigenvalue weighted by atomic mass is 28.6. The van der Waals surface area contributed by atoms with Crippen molar-refractivity contribution >= 4 is 85.1 Å². The Hall–Kier alpha value is -2.76. The van der Waals surface area contributed by atoms with E-state index < -0.39 is 85.1 Å². The van der Waals surface area contributed by atoms with Crippen molar-refractivity contribution in [3.05, 3.63) is 29.8 Å². The van der Waals surface area contributed by atoms with Gasteiger partial charge in [0.1, 0.15) is 25.6 Å². The van der Waals surface area contributed by atoms with E-state index in [-0.39, 0.29) is 43.5 Å². The molecule has 0 saturated carbocycles. The van der Waals surface area contributed by atoms with Crippen LogP contribution in [0.15, 0.2) is 24.3 Å². The van der Waals surface area contributed by atoms with Gasteiger partial charge in [0.05, 0.1) is 33.0 Å². The summed E-state index contributed by atoms with van der Waals surface area (Å²) in [6.45, 7) is 26.7. The van der Waals surface area contributed by atoms with Crippen molar-refractivity contribution in [2.45, 2.75) is 149 Å². The molecule has 5 heterocycles. The number of hydrogen-bond donors (Lipinski definition) is 1. The molecule has 77 heavy (non-hydrogen) atoms. The fraction of sp³-hybridized carbons (Fsp3) is 0.738. The summed E-state index contributed by atoms with van der Waals surface area (Å²) in [5, 5.41) is 34.4. The maximum absolute atomic E-state index is 12.8. The molecule has 3 aliphatic heterocycles. The highest BCUT2D eigenvalue weighted by Crippen LogP contribution is 2.43. The molecule has 432 valence electrons. The van der Waals surface area contributed by atoms with E-state index in [2.05, 4.69) is 53.0 Å². The second-order valence-corrected chi connectivity index (χ2v) is 50.4. The normalized spacial score (nSPS) is 25.6. The van der Waals surface area contributed by atoms with Crippen molar-refractivity contribution in [2.75, 3.05) is 52.8 Å². The number of aromatic nitrogens is 8. The number of hydrogen-bond acceptors (Lipinski definition) is 25. The van der Waals surface area contributed by atoms with Gasteiger partial charge in [-0.25, -0.2) is 4.79 Å². The molecule has 0 radical (unpaired) electrons. The average molecular weight is 1240 g/mol. The highest BCUT2D eigenvalue weighted by molar-refractivity contribution is 7.02. The zero-order valence-corrected chi connectivity index (χ0v) is 56.4. The molecule has 1 amide bonds. The predicted molar refractivity (Wildman–Crippen MR) is 299 cm³/mol. The number of benzene rings is 1. The Labute approximate surface area is 463 Å². The van der Waals surface area contributed by atoms with Crippen LogP contribution < -0.4 is 19.5 Å². The van der Waals surface area contributed by atoms with Crippen LogP contribution in [0.25, 0.3) is 11.6 Å². The van der Waals surface area contributed by atoms with E-state index in [1.165, 1.54) is 38.5 Å². The lowest BCUT2D eigenvalue weighted by molar-refractivity contribution is 0.0262. The van der Waals surface area contributed by atoms with E-state index in [1.807, 2.05) is 84.1 Å². The van der Waals surface area contributed by atoms with Crippen molar-refractivity contribution in [3.8, 4) is 29.4 Å². The van der Waals surface area contributed by atoms with Crippen LogP contribution in [0.1, 0.15) is 63.9 Å². The highest BCUT2D eigenvalue weighted by Gasteiger charge is 2.70. The molecule has 4 atom stereocenters. The summed E-state index contributed by atoms with van der Waals surface area (Å²) in [7, 11) is -26.5. The summed E-state index contributed by atoms with van der Waals surface area (Å²) in [5.74, 6) is 0.773. The van der Waals surface area contributed by atoms with Crippen LogP contribution in [0.3, 0.4) is 0 Å². The van der Waals surface area contributed by atoms with Crippen LogP contribution in [-0.2, 0) is 62.0 Å². The summed E-state index contributed by atoms with van der Waals surface area (Å²) in [6.07, 6.45) is 9.08. The third-order valence-electron chi connectivity index (χ3n) is 11.2. The van der Waals surface area contributed by atoms with Gasteiger partial charge in [-0.3, -0.25) is 0 Å². The molecule has 4 unspecified atom stereocenters. The fourth-order valence-electron chi connectivity index (χ4n) is 9.13. The van der Waals surface area contributed by atoms with Crippen molar-refractivity contribution in [1.29, 1.82) is 0 Å². The van der Waals surface area contributed by atoms with Crippen molar-refractivity contribution in [2.24, 2.45) is 0 Å². The first-order chi connectivity index (χ1) is 36.4. The molecule has 3 fully saturated rings. The fourth-order valence-corrected chi connectivity index (χ4v) is 59.1. The Bertz CT molecular complexity index is 2280. The molecule has 3 aromatic rings. The van der Waals surface area contributed by atoms with Gasteiger partial charge in [0.25, 0.3) is 0 Å². The molecule has 0 aliphatic carbocycles. The van der Waals surface area contributed by atoms with E-state index in [0.29, 0.717) is 57.0 Å². The van der Waals surface area contributed by atoms with Gasteiger partial charge in [-0.15, -0.1) is 20.4 Å². The third kappa shape index (κ3) is 22.3. The van der Waals surface area contributed by atoms with Crippen LogP contribution in [0.5, 0.6) is 17.8 Å². The number of unbranched alkanes of at least 4 members (excludes halogenated alkanes) is 7. The number of nitrogens with zero attached hydrogens (tertiary/aromatic N) is 8. The van der Waals surface area contributed by atoms with E-state index in [4.69, 9.17) is 69.6 Å². The molecule has 35 heteroatoms. The minimum absolute atomic E-state index is 0.0226. The van der Waals surface area contributed by atoms with Crippen molar-refractivity contribution in [3.63, 3.8) is 0 Å². The molecule has 0 spiro atoms. The zero-order chi connectivity index (χ0) is 55.7. The molecule has 26 nitrogen and oxygen atoms in total. The first kappa shape index (κ1) is 63.4. The van der Waals surface area contributed by atoms with Crippen LogP contribution in [0.4, 0.5) is 4.79 Å². The van der Waals surface area contributed by atoms with E-state index in [0.717, 1.165) is 18.4 Å². The topological polar surface area (TPSA) is 280 Å². The van der Waals surface area contributed by atoms with Gasteiger partial charge in [-0.1, -0.05) is 84.4 Å². The van der Waals surface area contributed by atoms with Gasteiger partial charge in [0, 0.05) is 18.8 Å². The monoisotopic (exact) mass is 1240 g/mol. The van der Waals surface area contributed by atoms with Crippen LogP contribution in [-0.4, -0.2) is 179 Å². The van der Waals surface area contributed by atoms with Crippen LogP contribution in [0.2, 0.25) is 83.7 Å². The number of fused-ring (bicyclic) bond motifs is 4. The third-order valence-corrected chi connectivity index (χ3v) is 49.3. The molecule has 6 rings (SSSR count). The summed E-state index contributed by atoms with van der Waals surface area (Å²) in [4.78, 5) is 12.8. The molecule has 1 N–H and O–H groups in total. The minimum atomic E-state index is -4.05. The largest absolute Gasteiger partial charge is 0.642 e. The molecule has 2 aromatic heterocycles. The Morgan fingerprint density at radius 2 is 1.03 bits per heavy atom. The van der Waals surface area contributed by atoms with Gasteiger partial charge >= 0.3 is 87.3 Å². The van der Waals surface area contributed by atoms with E-state index in [9.17, 15) is 4.79 Å². The zero-order valence-electron chi connectivity index (χ0n) is 47.0. The summed E-state index contributed by atoms with van der Waals surface area (Å²) >= 11 is 0. The summed E-state index contributed by atoms with van der Waals surface area (Å²) in [6, 6.07) is 7.88. The Morgan fingerprint density at radius 1 is 0.532 bits per heavy atom. The van der Waals surface area contributed by atoms with Gasteiger partial charge in [0.2, 0.25) is 11.6 Å². The van der Waals surface area contributed by atoms with Gasteiger partial charge in [-0.2, -0.15) is 0 Å². The Balaban J connectivity index is 0.820. The molecule has 3 aliphatic rings. The van der Waals surface area contributed by atoms with Gasteiger partial charge in [-0.05, 0) is 95.6 Å². The molecule has 4 bridgehead atoms. The second kappa shape index (κ2) is 28.8. The van der Waals surface area contributed by atoms with Gasteiger partial charge in [0.15, 0.2) is 9.76 Å². The first-order valence-corrected chi connectivity index (χ1v) is 48.3. The quantitative estimate of drug-likeness (QED) is 0.0620. The lowest BCUT2D eigenvalue weighted by Crippen LogP contribution is -2.78. The summed E-state index contributed by atoms with van der Waals surface area (Å²) < 4.78 is 102. The Morgan fingerprint density at radius 3 is 1.61 bits per heavy atom. The van der Waals surface area contributed by atoms with Gasteiger partial charge < -0.3 is 74.9 Å². The predicted octanol–water partition coefficient (Wildman–Crippen LogP) is 5.95. The number of alkyl carbamates (subject to hydrolysis) is 1. The smallest absolute Gasteiger partial charge is 0.491 e. The maximum atomic E-state index is 12.8. The minimum Gasteiger partial charge on any atom is -0.491 e. The van der Waals surface area contributed by atoms with Crippen LogP contribution >= 0.6 is 0 Å². The summed E-state index contributed by atoms with van der Waals surface area (Å²) in [5.41, 5.74) is 1.22. The number of carbonyl (C=O) groups excluding carboxylic acids is 1. The number of nitrogens with one attached hydrogen (secondary N) is 1. The standard InChI is InChI=1S/C42H81N9O17Si9/c1-13-14-15-16-17-18-19-20-26-56-40-48-44-38(45-49-40)39-46-50-41(51-47-39)57-32-30-54-28-27-53-29-31-55-37-23-21-36(22-24-37)34-58-42(52)43-25-33-69-59-77-65-73(8,9)61-71(4,5)63-75(11,67-77)35-74(10)62-70(2,3)60-72(6,7)64-76(12,66-74)68-77/h21-24H,13-20,25-35,69H2,1-12H3,(H,43,52). The SMILES string of the molecule is CCCCCCCCCCOc1nnc(-c2nnc(OCCOCCOCCOc3ccc(COC(=O)NCC[SiH2]O[Si]45O[Si](C)(C)O[Si](C)(C)O[Si](C)(C[Si]6(C)O[Si](C)(C)O[Si](C)(C)O[Si](C)(O6)O4)O5)cc3)nn2)nn1.